The van der Waals surface area contributed by atoms with E-state index < -0.39 is 10.0 Å². The van der Waals surface area contributed by atoms with Crippen LogP contribution in [0.25, 0.3) is 0 Å². The highest BCUT2D eigenvalue weighted by molar-refractivity contribution is 7.88. The summed E-state index contributed by atoms with van der Waals surface area (Å²) in [5, 5.41) is 8.94. The first-order chi connectivity index (χ1) is 9.04. The number of nitrogens with one attached hydrogen (secondary N) is 1. The van der Waals surface area contributed by atoms with E-state index in [9.17, 15) is 8.42 Å². The van der Waals surface area contributed by atoms with Gasteiger partial charge >= 0.3 is 0 Å². The molecule has 0 saturated heterocycles. The topological polar surface area (TPSA) is 66.4 Å². The molecule has 19 heavy (non-hydrogen) atoms. The van der Waals surface area contributed by atoms with E-state index in [0.29, 0.717) is 5.92 Å². The minimum absolute atomic E-state index is 0.00799. The van der Waals surface area contributed by atoms with Gasteiger partial charge in [0, 0.05) is 6.04 Å². The molecule has 0 heterocycles. The minimum atomic E-state index is -3.25. The minimum Gasteiger partial charge on any atom is -0.392 e. The van der Waals surface area contributed by atoms with Crippen LogP contribution >= 0.6 is 0 Å². The summed E-state index contributed by atoms with van der Waals surface area (Å²) in [6.45, 7) is 2.10. The summed E-state index contributed by atoms with van der Waals surface area (Å²) < 4.78 is 26.8. The van der Waals surface area contributed by atoms with E-state index in [0.717, 1.165) is 30.4 Å². The molecule has 0 aromatic heterocycles. The molecule has 0 spiro atoms. The Bertz CT molecular complexity index is 510. The number of aliphatic hydroxyl groups is 1. The van der Waals surface area contributed by atoms with E-state index in [1.165, 1.54) is 0 Å². The predicted molar refractivity (Wildman–Crippen MR) is 74.9 cm³/mol. The van der Waals surface area contributed by atoms with Crippen LogP contribution in [0.3, 0.4) is 0 Å². The van der Waals surface area contributed by atoms with Crippen molar-refractivity contribution in [3.8, 4) is 0 Å². The van der Waals surface area contributed by atoms with Gasteiger partial charge in [0.25, 0.3) is 0 Å². The van der Waals surface area contributed by atoms with Crippen LogP contribution in [0, 0.1) is 5.92 Å². The summed E-state index contributed by atoms with van der Waals surface area (Å²) in [6.07, 6.45) is 3.17. The van der Waals surface area contributed by atoms with E-state index in [-0.39, 0.29) is 18.4 Å². The van der Waals surface area contributed by atoms with Crippen molar-refractivity contribution < 1.29 is 13.5 Å². The fraction of sp³-hybridized carbons (Fsp3) is 0.571. The molecule has 106 valence electrons. The maximum Gasteiger partial charge on any atom is 0.216 e. The van der Waals surface area contributed by atoms with Crippen molar-refractivity contribution in [1.82, 2.24) is 4.72 Å². The molecule has 1 aliphatic carbocycles. The first-order valence-corrected chi connectivity index (χ1v) is 8.38. The summed E-state index contributed by atoms with van der Waals surface area (Å²) >= 11 is 0. The highest BCUT2D eigenvalue weighted by atomic mass is 32.2. The van der Waals surface area contributed by atoms with Crippen LogP contribution < -0.4 is 4.72 Å². The summed E-state index contributed by atoms with van der Waals surface area (Å²) in [4.78, 5) is 0. The third kappa shape index (κ3) is 4.30. The summed E-state index contributed by atoms with van der Waals surface area (Å²) in [5.41, 5.74) is 1.54. The molecule has 5 heteroatoms. The Balaban J connectivity index is 1.90. The second-order valence-corrected chi connectivity index (χ2v) is 7.00. The molecule has 0 bridgehead atoms. The average molecular weight is 283 g/mol. The van der Waals surface area contributed by atoms with Crippen molar-refractivity contribution in [2.75, 3.05) is 0 Å². The zero-order valence-electron chi connectivity index (χ0n) is 11.2. The number of sulfonamides is 1. The van der Waals surface area contributed by atoms with Crippen molar-refractivity contribution in [2.45, 2.75) is 44.6 Å². The van der Waals surface area contributed by atoms with Crippen molar-refractivity contribution in [3.05, 3.63) is 35.4 Å². The highest BCUT2D eigenvalue weighted by Gasteiger charge is 2.38. The molecular formula is C14H21NO3S. The van der Waals surface area contributed by atoms with Crippen LogP contribution in [0.2, 0.25) is 0 Å². The Labute approximate surface area is 114 Å². The third-order valence-corrected chi connectivity index (χ3v) is 4.85. The zero-order valence-corrected chi connectivity index (χ0v) is 12.0. The zero-order chi connectivity index (χ0) is 13.9. The first-order valence-electron chi connectivity index (χ1n) is 6.72. The summed E-state index contributed by atoms with van der Waals surface area (Å²) in [5.74, 6) is 0.533. The SMILES string of the molecule is CCCC1CC1NS(=O)(=O)Cc1ccc(CO)cc1. The second-order valence-electron chi connectivity index (χ2n) is 5.24. The van der Waals surface area contributed by atoms with Gasteiger partial charge < -0.3 is 5.11 Å². The molecule has 0 aliphatic heterocycles. The predicted octanol–water partition coefficient (Wildman–Crippen LogP) is 1.79. The normalized spacial score (nSPS) is 22.4. The molecule has 4 nitrogen and oxygen atoms in total. The number of aliphatic hydroxyl groups excluding tert-OH is 1. The molecule has 1 aliphatic rings. The van der Waals surface area contributed by atoms with E-state index >= 15 is 0 Å². The Morgan fingerprint density at radius 2 is 1.89 bits per heavy atom. The Morgan fingerprint density at radius 3 is 2.47 bits per heavy atom. The van der Waals surface area contributed by atoms with E-state index in [4.69, 9.17) is 5.11 Å². The molecule has 0 radical (unpaired) electrons. The molecule has 1 saturated carbocycles. The standard InChI is InChI=1S/C14H21NO3S/c1-2-3-13-8-14(13)15-19(17,18)10-12-6-4-11(9-16)5-7-12/h4-7,13-16H,2-3,8-10H2,1H3. The molecule has 2 rings (SSSR count). The Hall–Kier alpha value is -0.910. The van der Waals surface area contributed by atoms with Gasteiger partial charge in [0.2, 0.25) is 10.0 Å². The van der Waals surface area contributed by atoms with Crippen molar-refractivity contribution >= 4 is 10.0 Å². The molecule has 2 atom stereocenters. The van der Waals surface area contributed by atoms with Crippen LogP contribution in [-0.2, 0) is 22.4 Å². The molecule has 1 aromatic rings. The van der Waals surface area contributed by atoms with Crippen LogP contribution in [-0.4, -0.2) is 19.6 Å². The van der Waals surface area contributed by atoms with Gasteiger partial charge in [0.1, 0.15) is 0 Å². The molecule has 1 aromatic carbocycles. The number of benzene rings is 1. The first kappa shape index (κ1) is 14.5. The Kier molecular flexibility index (Phi) is 4.60. The molecule has 0 amide bonds. The van der Waals surface area contributed by atoms with Crippen LogP contribution in [0.4, 0.5) is 0 Å². The number of rotatable bonds is 7. The van der Waals surface area contributed by atoms with Gasteiger partial charge in [-0.1, -0.05) is 37.6 Å². The summed E-state index contributed by atoms with van der Waals surface area (Å²) in [6, 6.07) is 7.15. The second kappa shape index (κ2) is 6.03. The Morgan fingerprint density at radius 1 is 1.26 bits per heavy atom. The van der Waals surface area contributed by atoms with Crippen LogP contribution in [0.1, 0.15) is 37.3 Å². The monoisotopic (exact) mass is 283 g/mol. The average Bonchev–Trinajstić information content (AvgIpc) is 3.07. The smallest absolute Gasteiger partial charge is 0.216 e. The van der Waals surface area contributed by atoms with Gasteiger partial charge in [-0.3, -0.25) is 0 Å². The van der Waals surface area contributed by atoms with Gasteiger partial charge in [0.15, 0.2) is 0 Å². The van der Waals surface area contributed by atoms with E-state index in [1.807, 2.05) is 0 Å². The maximum atomic E-state index is 12.0. The lowest BCUT2D eigenvalue weighted by Gasteiger charge is -2.07. The van der Waals surface area contributed by atoms with Gasteiger partial charge in [0.05, 0.1) is 12.4 Å². The van der Waals surface area contributed by atoms with Crippen molar-refractivity contribution in [2.24, 2.45) is 5.92 Å². The molecule has 2 unspecified atom stereocenters. The summed E-state index contributed by atoms with van der Waals surface area (Å²) in [7, 11) is -3.25. The van der Waals surface area contributed by atoms with Gasteiger partial charge in [-0.15, -0.1) is 0 Å². The number of hydrogen-bond donors (Lipinski definition) is 2. The highest BCUT2D eigenvalue weighted by Crippen LogP contribution is 2.35. The fourth-order valence-electron chi connectivity index (χ4n) is 2.31. The van der Waals surface area contributed by atoms with Crippen LogP contribution in [0.5, 0.6) is 0 Å². The van der Waals surface area contributed by atoms with Gasteiger partial charge in [-0.05, 0) is 29.9 Å². The van der Waals surface area contributed by atoms with Crippen molar-refractivity contribution in [1.29, 1.82) is 0 Å². The van der Waals surface area contributed by atoms with E-state index in [2.05, 4.69) is 11.6 Å². The maximum absolute atomic E-state index is 12.0. The number of hydrogen-bond acceptors (Lipinski definition) is 3. The quantitative estimate of drug-likeness (QED) is 0.801. The van der Waals surface area contributed by atoms with Crippen molar-refractivity contribution in [3.63, 3.8) is 0 Å². The third-order valence-electron chi connectivity index (χ3n) is 3.48. The molecule has 1 fully saturated rings. The lowest BCUT2D eigenvalue weighted by atomic mass is 10.2. The lowest BCUT2D eigenvalue weighted by molar-refractivity contribution is 0.282. The fourth-order valence-corrected chi connectivity index (χ4v) is 3.78. The lowest BCUT2D eigenvalue weighted by Crippen LogP contribution is -2.28. The van der Waals surface area contributed by atoms with E-state index in [1.54, 1.807) is 24.3 Å². The van der Waals surface area contributed by atoms with Crippen LogP contribution in [0.15, 0.2) is 24.3 Å². The molecular weight excluding hydrogens is 262 g/mol. The molecule has 2 N–H and O–H groups in total. The van der Waals surface area contributed by atoms with Gasteiger partial charge in [-0.2, -0.15) is 0 Å². The van der Waals surface area contributed by atoms with Gasteiger partial charge in [-0.25, -0.2) is 13.1 Å². The largest absolute Gasteiger partial charge is 0.392 e.